The highest BCUT2D eigenvalue weighted by atomic mass is 16.3. The van der Waals surface area contributed by atoms with Gasteiger partial charge in [0.15, 0.2) is 0 Å². The molecular formula is C13H21NO. The number of hydrogen-bond donors (Lipinski definition) is 1. The van der Waals surface area contributed by atoms with Crippen molar-refractivity contribution in [3.8, 4) is 0 Å². The fraction of sp³-hybridized carbons (Fsp3) is 0.538. The van der Waals surface area contributed by atoms with Crippen LogP contribution in [0.4, 0.5) is 5.69 Å². The fourth-order valence-corrected chi connectivity index (χ4v) is 1.44. The van der Waals surface area contributed by atoms with Gasteiger partial charge in [0.25, 0.3) is 0 Å². The summed E-state index contributed by atoms with van der Waals surface area (Å²) in [4.78, 5) is 2.25. The molecule has 15 heavy (non-hydrogen) atoms. The second-order valence-corrected chi connectivity index (χ2v) is 4.43. The van der Waals surface area contributed by atoms with E-state index >= 15 is 0 Å². The van der Waals surface area contributed by atoms with Crippen molar-refractivity contribution < 1.29 is 5.11 Å². The SMILES string of the molecule is CC(C)CCN(C)c1ccc(CO)cc1. The van der Waals surface area contributed by atoms with E-state index in [1.54, 1.807) is 0 Å². The largest absolute Gasteiger partial charge is 0.392 e. The first kappa shape index (κ1) is 12.1. The molecule has 1 aromatic carbocycles. The standard InChI is InChI=1S/C13H21NO/c1-11(2)8-9-14(3)13-6-4-12(10-15)5-7-13/h4-7,11,15H,8-10H2,1-3H3. The van der Waals surface area contributed by atoms with Crippen LogP contribution < -0.4 is 4.90 Å². The zero-order valence-electron chi connectivity index (χ0n) is 9.90. The lowest BCUT2D eigenvalue weighted by atomic mass is 10.1. The second-order valence-electron chi connectivity index (χ2n) is 4.43. The monoisotopic (exact) mass is 207 g/mol. The van der Waals surface area contributed by atoms with Crippen LogP contribution in [0.5, 0.6) is 0 Å². The Balaban J connectivity index is 2.54. The minimum absolute atomic E-state index is 0.121. The Morgan fingerprint density at radius 3 is 2.27 bits per heavy atom. The van der Waals surface area contributed by atoms with Crippen LogP contribution in [0.3, 0.4) is 0 Å². The average Bonchev–Trinajstić information content (AvgIpc) is 2.26. The van der Waals surface area contributed by atoms with E-state index in [9.17, 15) is 0 Å². The first-order chi connectivity index (χ1) is 7.13. The molecule has 1 N–H and O–H groups in total. The summed E-state index contributed by atoms with van der Waals surface area (Å²) in [5.41, 5.74) is 2.18. The Kier molecular flexibility index (Phi) is 4.63. The van der Waals surface area contributed by atoms with Gasteiger partial charge in [-0.1, -0.05) is 26.0 Å². The average molecular weight is 207 g/mol. The molecule has 0 bridgehead atoms. The lowest BCUT2D eigenvalue weighted by Gasteiger charge is -2.20. The van der Waals surface area contributed by atoms with Gasteiger partial charge in [0.05, 0.1) is 6.61 Å². The van der Waals surface area contributed by atoms with E-state index in [0.29, 0.717) is 0 Å². The van der Waals surface area contributed by atoms with Crippen molar-refractivity contribution in [1.29, 1.82) is 0 Å². The van der Waals surface area contributed by atoms with E-state index in [1.165, 1.54) is 12.1 Å². The van der Waals surface area contributed by atoms with Gasteiger partial charge < -0.3 is 10.0 Å². The lowest BCUT2D eigenvalue weighted by Crippen LogP contribution is -2.19. The van der Waals surface area contributed by atoms with Gasteiger partial charge in [0.1, 0.15) is 0 Å². The third-order valence-electron chi connectivity index (χ3n) is 2.60. The molecule has 0 heterocycles. The van der Waals surface area contributed by atoms with Crippen LogP contribution in [0.15, 0.2) is 24.3 Å². The number of aliphatic hydroxyl groups excluding tert-OH is 1. The minimum atomic E-state index is 0.121. The highest BCUT2D eigenvalue weighted by Gasteiger charge is 2.01. The molecule has 0 radical (unpaired) electrons. The van der Waals surface area contributed by atoms with Crippen molar-refractivity contribution >= 4 is 5.69 Å². The Labute approximate surface area is 92.5 Å². The molecule has 0 spiro atoms. The topological polar surface area (TPSA) is 23.5 Å². The van der Waals surface area contributed by atoms with E-state index in [2.05, 4.69) is 37.9 Å². The van der Waals surface area contributed by atoms with Crippen molar-refractivity contribution in [3.05, 3.63) is 29.8 Å². The summed E-state index contributed by atoms with van der Waals surface area (Å²) in [6.07, 6.45) is 1.21. The lowest BCUT2D eigenvalue weighted by molar-refractivity contribution is 0.282. The number of hydrogen-bond acceptors (Lipinski definition) is 2. The number of benzene rings is 1. The molecule has 0 saturated carbocycles. The second kappa shape index (κ2) is 5.76. The number of anilines is 1. The van der Waals surface area contributed by atoms with Crippen molar-refractivity contribution in [1.82, 2.24) is 0 Å². The highest BCUT2D eigenvalue weighted by Crippen LogP contribution is 2.15. The molecule has 0 aromatic heterocycles. The Morgan fingerprint density at radius 1 is 1.20 bits per heavy atom. The van der Waals surface area contributed by atoms with Crippen LogP contribution in [0.25, 0.3) is 0 Å². The Bertz CT molecular complexity index is 279. The smallest absolute Gasteiger partial charge is 0.0681 e. The van der Waals surface area contributed by atoms with Crippen molar-refractivity contribution in [2.24, 2.45) is 5.92 Å². The maximum Gasteiger partial charge on any atom is 0.0681 e. The van der Waals surface area contributed by atoms with Crippen LogP contribution in [0.1, 0.15) is 25.8 Å². The van der Waals surface area contributed by atoms with Gasteiger partial charge in [0, 0.05) is 19.3 Å². The molecule has 0 atom stereocenters. The zero-order valence-corrected chi connectivity index (χ0v) is 9.90. The molecule has 2 nitrogen and oxygen atoms in total. The number of aliphatic hydroxyl groups is 1. The van der Waals surface area contributed by atoms with Gasteiger partial charge in [-0.25, -0.2) is 0 Å². The molecule has 0 amide bonds. The molecule has 0 aliphatic carbocycles. The number of nitrogens with zero attached hydrogens (tertiary/aromatic N) is 1. The van der Waals surface area contributed by atoms with Gasteiger partial charge in [-0.3, -0.25) is 0 Å². The molecule has 0 unspecified atom stereocenters. The van der Waals surface area contributed by atoms with Gasteiger partial charge in [-0.15, -0.1) is 0 Å². The molecule has 1 rings (SSSR count). The summed E-state index contributed by atoms with van der Waals surface area (Å²) in [7, 11) is 2.11. The third-order valence-corrected chi connectivity index (χ3v) is 2.60. The summed E-state index contributed by atoms with van der Waals surface area (Å²) in [5.74, 6) is 0.740. The quantitative estimate of drug-likeness (QED) is 0.802. The van der Waals surface area contributed by atoms with E-state index < -0.39 is 0 Å². The molecule has 0 aliphatic heterocycles. The predicted molar refractivity (Wildman–Crippen MR) is 65.1 cm³/mol. The molecule has 0 saturated heterocycles. The summed E-state index contributed by atoms with van der Waals surface area (Å²) in [5, 5.41) is 8.93. The van der Waals surface area contributed by atoms with Gasteiger partial charge in [-0.2, -0.15) is 0 Å². The van der Waals surface area contributed by atoms with Gasteiger partial charge >= 0.3 is 0 Å². The Hall–Kier alpha value is -1.02. The van der Waals surface area contributed by atoms with Crippen molar-refractivity contribution in [2.75, 3.05) is 18.5 Å². The molecular weight excluding hydrogens is 186 g/mol. The predicted octanol–water partition coefficient (Wildman–Crippen LogP) is 2.66. The summed E-state index contributed by atoms with van der Waals surface area (Å²) >= 11 is 0. The van der Waals surface area contributed by atoms with Crippen molar-refractivity contribution in [3.63, 3.8) is 0 Å². The molecule has 84 valence electrons. The summed E-state index contributed by atoms with van der Waals surface area (Å²) < 4.78 is 0. The molecule has 0 fully saturated rings. The van der Waals surface area contributed by atoms with Crippen LogP contribution in [-0.2, 0) is 6.61 Å². The van der Waals surface area contributed by atoms with E-state index in [-0.39, 0.29) is 6.61 Å². The van der Waals surface area contributed by atoms with Crippen LogP contribution in [0, 0.1) is 5.92 Å². The fourth-order valence-electron chi connectivity index (χ4n) is 1.44. The first-order valence-corrected chi connectivity index (χ1v) is 5.54. The van der Waals surface area contributed by atoms with Crippen LogP contribution in [0.2, 0.25) is 0 Å². The summed E-state index contributed by atoms with van der Waals surface area (Å²) in [6, 6.07) is 8.07. The van der Waals surface area contributed by atoms with Crippen molar-refractivity contribution in [2.45, 2.75) is 26.9 Å². The summed E-state index contributed by atoms with van der Waals surface area (Å²) in [6.45, 7) is 5.68. The van der Waals surface area contributed by atoms with Gasteiger partial charge in [0.2, 0.25) is 0 Å². The van der Waals surface area contributed by atoms with E-state index in [1.807, 2.05) is 12.1 Å². The van der Waals surface area contributed by atoms with E-state index in [0.717, 1.165) is 18.0 Å². The maximum atomic E-state index is 8.93. The van der Waals surface area contributed by atoms with E-state index in [4.69, 9.17) is 5.11 Å². The molecule has 0 aliphatic rings. The normalized spacial score (nSPS) is 10.7. The molecule has 2 heteroatoms. The number of rotatable bonds is 5. The van der Waals surface area contributed by atoms with Gasteiger partial charge in [-0.05, 0) is 30.0 Å². The highest BCUT2D eigenvalue weighted by molar-refractivity contribution is 5.46. The van der Waals surface area contributed by atoms with Crippen LogP contribution >= 0.6 is 0 Å². The van der Waals surface area contributed by atoms with Crippen LogP contribution in [-0.4, -0.2) is 18.7 Å². The minimum Gasteiger partial charge on any atom is -0.392 e. The third kappa shape index (κ3) is 3.92. The zero-order chi connectivity index (χ0) is 11.3. The first-order valence-electron chi connectivity index (χ1n) is 5.54. The Morgan fingerprint density at radius 2 is 1.80 bits per heavy atom. The maximum absolute atomic E-state index is 8.93. The molecule has 1 aromatic rings.